The number of anilines is 1. The van der Waals surface area contributed by atoms with Crippen molar-refractivity contribution in [1.82, 2.24) is 0 Å². The van der Waals surface area contributed by atoms with Gasteiger partial charge in [-0.05, 0) is 28.6 Å². The Bertz CT molecular complexity index is 982. The predicted octanol–water partition coefficient (Wildman–Crippen LogP) is 3.31. The summed E-state index contributed by atoms with van der Waals surface area (Å²) in [5.74, 6) is -1.79. The second kappa shape index (κ2) is 8.29. The summed E-state index contributed by atoms with van der Waals surface area (Å²) in [4.78, 5) is 35.8. The zero-order chi connectivity index (χ0) is 19.2. The summed E-state index contributed by atoms with van der Waals surface area (Å²) < 4.78 is 5.14. The normalized spacial score (nSPS) is 10.2. The lowest BCUT2D eigenvalue weighted by atomic mass is 10.00. The van der Waals surface area contributed by atoms with Crippen molar-refractivity contribution in [2.24, 2.45) is 5.73 Å². The minimum absolute atomic E-state index is 0.217. The van der Waals surface area contributed by atoms with Crippen LogP contribution < -0.4 is 11.1 Å². The first kappa shape index (κ1) is 18.3. The Morgan fingerprint density at radius 3 is 2.37 bits per heavy atom. The van der Waals surface area contributed by atoms with E-state index in [0.29, 0.717) is 10.6 Å². The van der Waals surface area contributed by atoms with Crippen molar-refractivity contribution >= 4 is 34.1 Å². The Balaban J connectivity index is 1.67. The van der Waals surface area contributed by atoms with Gasteiger partial charge in [0.15, 0.2) is 6.61 Å². The molecule has 0 unspecified atom stereocenters. The lowest BCUT2D eigenvalue weighted by molar-refractivity contribution is -0.119. The van der Waals surface area contributed by atoms with E-state index in [4.69, 9.17) is 10.5 Å². The van der Waals surface area contributed by atoms with Crippen LogP contribution in [0.3, 0.4) is 0 Å². The average molecular weight is 380 g/mol. The number of hydrogen-bond donors (Lipinski definition) is 2. The summed E-state index contributed by atoms with van der Waals surface area (Å²) in [6.07, 6.45) is 0. The van der Waals surface area contributed by atoms with Gasteiger partial charge in [0.1, 0.15) is 5.00 Å². The van der Waals surface area contributed by atoms with Gasteiger partial charge in [0.2, 0.25) is 0 Å². The van der Waals surface area contributed by atoms with Gasteiger partial charge in [0.25, 0.3) is 11.8 Å². The second-order valence-electron chi connectivity index (χ2n) is 5.56. The Hall–Kier alpha value is -3.45. The van der Waals surface area contributed by atoms with Crippen LogP contribution in [-0.4, -0.2) is 24.4 Å². The zero-order valence-electron chi connectivity index (χ0n) is 14.2. The summed E-state index contributed by atoms with van der Waals surface area (Å²) >= 11 is 1.16. The first-order valence-corrected chi connectivity index (χ1v) is 8.93. The highest BCUT2D eigenvalue weighted by Crippen LogP contribution is 2.24. The van der Waals surface area contributed by atoms with Crippen molar-refractivity contribution in [2.75, 3.05) is 11.9 Å². The number of benzene rings is 2. The maximum absolute atomic E-state index is 12.4. The number of carbonyl (C=O) groups excluding carboxylic acids is 3. The quantitative estimate of drug-likeness (QED) is 0.641. The minimum Gasteiger partial charge on any atom is -0.452 e. The molecule has 0 saturated carbocycles. The summed E-state index contributed by atoms with van der Waals surface area (Å²) in [5.41, 5.74) is 7.41. The van der Waals surface area contributed by atoms with Crippen molar-refractivity contribution in [2.45, 2.75) is 0 Å². The SMILES string of the molecule is NC(=O)c1ccsc1NC(=O)COC(=O)c1ccccc1-c1ccccc1. The van der Waals surface area contributed by atoms with Crippen molar-refractivity contribution in [3.63, 3.8) is 0 Å². The van der Waals surface area contributed by atoms with Gasteiger partial charge in [-0.25, -0.2) is 4.79 Å². The number of thiophene rings is 1. The molecule has 3 rings (SSSR count). The third kappa shape index (κ3) is 4.39. The molecule has 0 fully saturated rings. The highest BCUT2D eigenvalue weighted by Gasteiger charge is 2.17. The lowest BCUT2D eigenvalue weighted by Crippen LogP contribution is -2.22. The molecule has 0 bridgehead atoms. The van der Waals surface area contributed by atoms with Crippen LogP contribution in [0.1, 0.15) is 20.7 Å². The van der Waals surface area contributed by atoms with Gasteiger partial charge in [0, 0.05) is 0 Å². The molecule has 0 radical (unpaired) electrons. The fourth-order valence-electron chi connectivity index (χ4n) is 2.50. The Labute approximate surface area is 159 Å². The third-order valence-electron chi connectivity index (χ3n) is 3.75. The van der Waals surface area contributed by atoms with E-state index in [-0.39, 0.29) is 5.56 Å². The highest BCUT2D eigenvalue weighted by molar-refractivity contribution is 7.14. The van der Waals surface area contributed by atoms with Crippen molar-refractivity contribution in [3.8, 4) is 11.1 Å². The van der Waals surface area contributed by atoms with E-state index in [1.54, 1.807) is 17.5 Å². The van der Waals surface area contributed by atoms with Crippen molar-refractivity contribution < 1.29 is 19.1 Å². The first-order valence-electron chi connectivity index (χ1n) is 8.05. The van der Waals surface area contributed by atoms with Gasteiger partial charge in [-0.1, -0.05) is 48.5 Å². The summed E-state index contributed by atoms with van der Waals surface area (Å²) in [6, 6.07) is 18.0. The summed E-state index contributed by atoms with van der Waals surface area (Å²) in [5, 5.41) is 4.49. The second-order valence-corrected chi connectivity index (χ2v) is 6.48. The highest BCUT2D eigenvalue weighted by atomic mass is 32.1. The predicted molar refractivity (Wildman–Crippen MR) is 104 cm³/mol. The smallest absolute Gasteiger partial charge is 0.339 e. The van der Waals surface area contributed by atoms with Crippen LogP contribution in [-0.2, 0) is 9.53 Å². The number of amides is 2. The largest absolute Gasteiger partial charge is 0.452 e. The van der Waals surface area contributed by atoms with E-state index < -0.39 is 24.4 Å². The summed E-state index contributed by atoms with van der Waals surface area (Å²) in [7, 11) is 0. The molecule has 3 N–H and O–H groups in total. The fourth-order valence-corrected chi connectivity index (χ4v) is 3.31. The van der Waals surface area contributed by atoms with Gasteiger partial charge in [-0.2, -0.15) is 0 Å². The molecule has 1 aromatic heterocycles. The van der Waals surface area contributed by atoms with E-state index in [1.807, 2.05) is 42.5 Å². The van der Waals surface area contributed by atoms with Gasteiger partial charge >= 0.3 is 5.97 Å². The Morgan fingerprint density at radius 1 is 0.926 bits per heavy atom. The molecule has 0 aliphatic carbocycles. The topological polar surface area (TPSA) is 98.5 Å². The number of carbonyl (C=O) groups is 3. The van der Waals surface area contributed by atoms with Gasteiger partial charge in [-0.3, -0.25) is 9.59 Å². The molecule has 0 aliphatic heterocycles. The zero-order valence-corrected chi connectivity index (χ0v) is 15.0. The number of primary amides is 1. The van der Waals surface area contributed by atoms with E-state index in [0.717, 1.165) is 22.5 Å². The lowest BCUT2D eigenvalue weighted by Gasteiger charge is -2.10. The number of hydrogen-bond acceptors (Lipinski definition) is 5. The monoisotopic (exact) mass is 380 g/mol. The average Bonchev–Trinajstić information content (AvgIpc) is 3.15. The molecule has 0 atom stereocenters. The fraction of sp³-hybridized carbons (Fsp3) is 0.0500. The molecule has 6 nitrogen and oxygen atoms in total. The number of ether oxygens (including phenoxy) is 1. The number of nitrogens with one attached hydrogen (secondary N) is 1. The molecular formula is C20H16N2O4S. The Morgan fingerprint density at radius 2 is 1.63 bits per heavy atom. The maximum Gasteiger partial charge on any atom is 0.339 e. The van der Waals surface area contributed by atoms with E-state index >= 15 is 0 Å². The van der Waals surface area contributed by atoms with Crippen LogP contribution in [0.15, 0.2) is 66.0 Å². The molecule has 7 heteroatoms. The first-order chi connectivity index (χ1) is 13.1. The van der Waals surface area contributed by atoms with Crippen LogP contribution in [0.5, 0.6) is 0 Å². The molecule has 0 saturated heterocycles. The number of rotatable bonds is 6. The molecule has 0 spiro atoms. The molecule has 27 heavy (non-hydrogen) atoms. The minimum atomic E-state index is -0.639. The van der Waals surface area contributed by atoms with E-state index in [2.05, 4.69) is 5.32 Å². The van der Waals surface area contributed by atoms with Crippen LogP contribution in [0, 0.1) is 0 Å². The number of esters is 1. The van der Waals surface area contributed by atoms with Gasteiger partial charge in [0.05, 0.1) is 11.1 Å². The van der Waals surface area contributed by atoms with Crippen LogP contribution >= 0.6 is 11.3 Å². The maximum atomic E-state index is 12.4. The van der Waals surface area contributed by atoms with Crippen molar-refractivity contribution in [1.29, 1.82) is 0 Å². The molecule has 2 amide bonds. The van der Waals surface area contributed by atoms with E-state index in [9.17, 15) is 14.4 Å². The van der Waals surface area contributed by atoms with Crippen LogP contribution in [0.4, 0.5) is 5.00 Å². The molecule has 1 heterocycles. The molecule has 2 aromatic carbocycles. The molecule has 3 aromatic rings. The van der Waals surface area contributed by atoms with Crippen molar-refractivity contribution in [3.05, 3.63) is 77.2 Å². The Kier molecular flexibility index (Phi) is 5.63. The number of nitrogens with two attached hydrogens (primary N) is 1. The van der Waals surface area contributed by atoms with Gasteiger partial charge < -0.3 is 15.8 Å². The standard InChI is InChI=1S/C20H16N2O4S/c21-18(24)16-10-11-27-19(16)22-17(23)12-26-20(25)15-9-5-4-8-14(15)13-6-2-1-3-7-13/h1-11H,12H2,(H2,21,24)(H,22,23). The molecular weight excluding hydrogens is 364 g/mol. The molecule has 136 valence electrons. The third-order valence-corrected chi connectivity index (χ3v) is 4.58. The van der Waals surface area contributed by atoms with E-state index in [1.165, 1.54) is 6.07 Å². The van der Waals surface area contributed by atoms with Gasteiger partial charge in [-0.15, -0.1) is 11.3 Å². The summed E-state index contributed by atoms with van der Waals surface area (Å²) in [6.45, 7) is -0.474. The molecule has 0 aliphatic rings. The van der Waals surface area contributed by atoms with Crippen LogP contribution in [0.2, 0.25) is 0 Å². The van der Waals surface area contributed by atoms with Crippen LogP contribution in [0.25, 0.3) is 11.1 Å².